The van der Waals surface area contributed by atoms with Crippen LogP contribution in [0.4, 0.5) is 0 Å². The van der Waals surface area contributed by atoms with E-state index in [9.17, 15) is 0 Å². The molecule has 1 atom stereocenters. The van der Waals surface area contributed by atoms with E-state index in [0.29, 0.717) is 12.1 Å². The summed E-state index contributed by atoms with van der Waals surface area (Å²) in [5, 5.41) is 11.7. The van der Waals surface area contributed by atoms with Crippen molar-refractivity contribution in [1.29, 1.82) is 0 Å². The van der Waals surface area contributed by atoms with Crippen LogP contribution < -0.4 is 5.32 Å². The van der Waals surface area contributed by atoms with Crippen molar-refractivity contribution in [2.45, 2.75) is 51.9 Å². The van der Waals surface area contributed by atoms with E-state index in [1.807, 2.05) is 10.9 Å². The molecule has 0 aromatic carbocycles. The normalized spacial score (nSPS) is 19.4. The highest BCUT2D eigenvalue weighted by Gasteiger charge is 2.17. The molecule has 20 heavy (non-hydrogen) atoms. The van der Waals surface area contributed by atoms with Crippen LogP contribution in [0.15, 0.2) is 6.20 Å². The molecule has 1 aliphatic rings. The second-order valence-electron chi connectivity index (χ2n) is 5.91. The van der Waals surface area contributed by atoms with Crippen molar-refractivity contribution in [3.05, 3.63) is 11.9 Å². The van der Waals surface area contributed by atoms with Crippen molar-refractivity contribution < 1.29 is 4.74 Å². The molecule has 0 bridgehead atoms. The van der Waals surface area contributed by atoms with Crippen LogP contribution in [0.1, 0.15) is 32.4 Å². The lowest BCUT2D eigenvalue weighted by Gasteiger charge is -2.20. The molecular formula is C14H27N5O. The molecule has 0 amide bonds. The van der Waals surface area contributed by atoms with Gasteiger partial charge in [-0.05, 0) is 19.9 Å². The number of hydrogen-bond donors (Lipinski definition) is 1. The number of likely N-dealkylation sites (N-methyl/N-ethyl adjacent to an activating group) is 1. The van der Waals surface area contributed by atoms with Gasteiger partial charge in [0.25, 0.3) is 0 Å². The maximum absolute atomic E-state index is 5.65. The van der Waals surface area contributed by atoms with Gasteiger partial charge in [0.2, 0.25) is 0 Å². The molecule has 1 aromatic heterocycles. The molecule has 1 N–H and O–H groups in total. The lowest BCUT2D eigenvalue weighted by molar-refractivity contribution is 0.0800. The zero-order chi connectivity index (χ0) is 14.4. The summed E-state index contributed by atoms with van der Waals surface area (Å²) in [6.07, 6.45) is 4.84. The van der Waals surface area contributed by atoms with Gasteiger partial charge in [-0.2, -0.15) is 0 Å². The Morgan fingerprint density at radius 1 is 1.55 bits per heavy atom. The Hall–Kier alpha value is -0.980. The molecule has 1 fully saturated rings. The van der Waals surface area contributed by atoms with Crippen LogP contribution >= 0.6 is 0 Å². The lowest BCUT2D eigenvalue weighted by Crippen LogP contribution is -2.31. The van der Waals surface area contributed by atoms with Gasteiger partial charge in [-0.1, -0.05) is 19.1 Å². The van der Waals surface area contributed by atoms with Crippen LogP contribution in [0.5, 0.6) is 0 Å². The molecule has 2 rings (SSSR count). The molecule has 0 aliphatic carbocycles. The predicted octanol–water partition coefficient (Wildman–Crippen LogP) is 0.887. The van der Waals surface area contributed by atoms with Crippen molar-refractivity contribution in [3.8, 4) is 0 Å². The van der Waals surface area contributed by atoms with E-state index >= 15 is 0 Å². The Bertz CT molecular complexity index is 387. The van der Waals surface area contributed by atoms with Crippen LogP contribution in [-0.4, -0.2) is 58.8 Å². The van der Waals surface area contributed by atoms with Gasteiger partial charge in [0.1, 0.15) is 0 Å². The van der Waals surface area contributed by atoms with Gasteiger partial charge in [0.05, 0.1) is 18.3 Å². The van der Waals surface area contributed by atoms with Crippen LogP contribution in [0.3, 0.4) is 0 Å². The summed E-state index contributed by atoms with van der Waals surface area (Å²) in [5.41, 5.74) is 1.00. The molecule has 114 valence electrons. The maximum Gasteiger partial charge on any atom is 0.0964 e. The summed E-state index contributed by atoms with van der Waals surface area (Å²) >= 11 is 0. The van der Waals surface area contributed by atoms with Gasteiger partial charge in [0, 0.05) is 38.5 Å². The Morgan fingerprint density at radius 2 is 2.40 bits per heavy atom. The fourth-order valence-electron chi connectivity index (χ4n) is 2.34. The number of ether oxygens (including phenoxy) is 1. The first kappa shape index (κ1) is 15.4. The predicted molar refractivity (Wildman–Crippen MR) is 78.5 cm³/mol. The monoisotopic (exact) mass is 281 g/mol. The fourth-order valence-corrected chi connectivity index (χ4v) is 2.34. The summed E-state index contributed by atoms with van der Waals surface area (Å²) in [4.78, 5) is 2.31. The molecule has 6 nitrogen and oxygen atoms in total. The number of rotatable bonds is 8. The van der Waals surface area contributed by atoms with Gasteiger partial charge >= 0.3 is 0 Å². The number of aromatic nitrogens is 3. The molecule has 6 heteroatoms. The molecule has 0 radical (unpaired) electrons. The Balaban J connectivity index is 1.67. The summed E-state index contributed by atoms with van der Waals surface area (Å²) in [6.45, 7) is 8.82. The second-order valence-corrected chi connectivity index (χ2v) is 5.91. The van der Waals surface area contributed by atoms with Crippen molar-refractivity contribution in [2.75, 3.05) is 26.7 Å². The van der Waals surface area contributed by atoms with Crippen molar-refractivity contribution in [2.24, 2.45) is 0 Å². The zero-order valence-corrected chi connectivity index (χ0v) is 12.9. The third-order valence-corrected chi connectivity index (χ3v) is 3.53. The van der Waals surface area contributed by atoms with Crippen LogP contribution in [0, 0.1) is 0 Å². The first-order chi connectivity index (χ1) is 9.63. The van der Waals surface area contributed by atoms with E-state index in [1.165, 1.54) is 12.8 Å². The largest absolute Gasteiger partial charge is 0.377 e. The molecule has 0 saturated carbocycles. The Kier molecular flexibility index (Phi) is 5.94. The van der Waals surface area contributed by atoms with Gasteiger partial charge < -0.3 is 15.0 Å². The molecule has 0 spiro atoms. The van der Waals surface area contributed by atoms with E-state index < -0.39 is 0 Å². The highest BCUT2D eigenvalue weighted by atomic mass is 16.5. The number of nitrogens with zero attached hydrogens (tertiary/aromatic N) is 4. The highest BCUT2D eigenvalue weighted by Crippen LogP contribution is 2.12. The molecule has 2 heterocycles. The van der Waals surface area contributed by atoms with Crippen LogP contribution in [0.2, 0.25) is 0 Å². The van der Waals surface area contributed by atoms with Gasteiger partial charge in [-0.25, -0.2) is 0 Å². The Morgan fingerprint density at radius 3 is 3.10 bits per heavy atom. The first-order valence-electron chi connectivity index (χ1n) is 7.56. The average molecular weight is 281 g/mol. The van der Waals surface area contributed by atoms with E-state index in [1.54, 1.807) is 0 Å². The minimum Gasteiger partial charge on any atom is -0.377 e. The maximum atomic E-state index is 5.65. The zero-order valence-electron chi connectivity index (χ0n) is 12.9. The fraction of sp³-hybridized carbons (Fsp3) is 0.857. The SMILES string of the molecule is CC(C)NCc1cn(CCN(C)CC2CCCO2)nn1. The molecule has 1 aliphatic heterocycles. The third-order valence-electron chi connectivity index (χ3n) is 3.53. The summed E-state index contributed by atoms with van der Waals surface area (Å²) < 4.78 is 7.57. The third kappa shape index (κ3) is 5.19. The van der Waals surface area contributed by atoms with E-state index in [4.69, 9.17) is 4.74 Å². The quantitative estimate of drug-likeness (QED) is 0.767. The number of hydrogen-bond acceptors (Lipinski definition) is 5. The van der Waals surface area contributed by atoms with Crippen molar-refractivity contribution in [1.82, 2.24) is 25.2 Å². The standard InChI is InChI=1S/C14H27N5O/c1-12(2)15-9-13-10-19(17-16-13)7-6-18(3)11-14-5-4-8-20-14/h10,12,14-15H,4-9,11H2,1-3H3. The van der Waals surface area contributed by atoms with E-state index in [0.717, 1.165) is 38.5 Å². The summed E-state index contributed by atoms with van der Waals surface area (Å²) in [6, 6.07) is 0.470. The van der Waals surface area contributed by atoms with Crippen LogP contribution in [0.25, 0.3) is 0 Å². The van der Waals surface area contributed by atoms with E-state index in [2.05, 4.69) is 41.4 Å². The van der Waals surface area contributed by atoms with Crippen molar-refractivity contribution >= 4 is 0 Å². The van der Waals surface area contributed by atoms with Crippen LogP contribution in [-0.2, 0) is 17.8 Å². The minimum atomic E-state index is 0.418. The highest BCUT2D eigenvalue weighted by molar-refractivity contribution is 4.91. The van der Waals surface area contributed by atoms with E-state index in [-0.39, 0.29) is 0 Å². The smallest absolute Gasteiger partial charge is 0.0964 e. The second kappa shape index (κ2) is 7.71. The van der Waals surface area contributed by atoms with Gasteiger partial charge in [-0.15, -0.1) is 5.10 Å². The Labute approximate surface area is 121 Å². The molecule has 1 aromatic rings. The average Bonchev–Trinajstić information content (AvgIpc) is 3.05. The molecule has 1 unspecified atom stereocenters. The summed E-state index contributed by atoms with van der Waals surface area (Å²) in [7, 11) is 2.14. The first-order valence-corrected chi connectivity index (χ1v) is 7.56. The van der Waals surface area contributed by atoms with Gasteiger partial charge in [0.15, 0.2) is 0 Å². The number of nitrogens with one attached hydrogen (secondary N) is 1. The molecule has 1 saturated heterocycles. The minimum absolute atomic E-state index is 0.418. The molecular weight excluding hydrogens is 254 g/mol. The lowest BCUT2D eigenvalue weighted by atomic mass is 10.2. The summed E-state index contributed by atoms with van der Waals surface area (Å²) in [5.74, 6) is 0. The van der Waals surface area contributed by atoms with Crippen molar-refractivity contribution in [3.63, 3.8) is 0 Å². The van der Waals surface area contributed by atoms with Gasteiger partial charge in [-0.3, -0.25) is 4.68 Å². The topological polar surface area (TPSA) is 55.2 Å².